The normalized spacial score (nSPS) is 12.9. The Hall–Kier alpha value is -1.83. The molecule has 2 N–H and O–H groups in total. The van der Waals surface area contributed by atoms with Gasteiger partial charge in [-0.3, -0.25) is 4.79 Å². The Morgan fingerprint density at radius 2 is 2.05 bits per heavy atom. The van der Waals surface area contributed by atoms with E-state index in [0.29, 0.717) is 0 Å². The van der Waals surface area contributed by atoms with E-state index in [0.717, 1.165) is 25.3 Å². The third-order valence-electron chi connectivity index (χ3n) is 2.19. The van der Waals surface area contributed by atoms with Crippen LogP contribution in [0.4, 0.5) is 17.6 Å². The molecule has 0 fully saturated rings. The number of ether oxygens (including phenoxy) is 2. The second-order valence-corrected chi connectivity index (χ2v) is 3.63. The molecule has 1 atom stereocenters. The molecule has 106 valence electrons. The van der Waals surface area contributed by atoms with E-state index in [-0.39, 0.29) is 12.0 Å². The van der Waals surface area contributed by atoms with Crippen molar-refractivity contribution in [2.75, 3.05) is 7.11 Å². The van der Waals surface area contributed by atoms with E-state index >= 15 is 0 Å². The Kier molecular flexibility index (Phi) is 4.71. The summed E-state index contributed by atoms with van der Waals surface area (Å²) < 4.78 is 57.4. The van der Waals surface area contributed by atoms with Gasteiger partial charge in [0.1, 0.15) is 17.6 Å². The summed E-state index contributed by atoms with van der Waals surface area (Å²) in [5.74, 6) is -2.16. The highest BCUT2D eigenvalue weighted by Crippen LogP contribution is 2.25. The lowest BCUT2D eigenvalue weighted by Crippen LogP contribution is -2.33. The molecule has 4 nitrogen and oxygen atoms in total. The molecule has 0 radical (unpaired) electrons. The van der Waals surface area contributed by atoms with Crippen molar-refractivity contribution in [3.05, 3.63) is 29.6 Å². The Morgan fingerprint density at radius 3 is 2.58 bits per heavy atom. The molecule has 1 aromatic carbocycles. The van der Waals surface area contributed by atoms with Gasteiger partial charge in [-0.1, -0.05) is 0 Å². The van der Waals surface area contributed by atoms with Crippen LogP contribution in [0.1, 0.15) is 5.56 Å². The van der Waals surface area contributed by atoms with Crippen LogP contribution in [-0.2, 0) is 16.0 Å². The van der Waals surface area contributed by atoms with E-state index in [9.17, 15) is 22.4 Å². The van der Waals surface area contributed by atoms with Crippen molar-refractivity contribution in [3.63, 3.8) is 0 Å². The molecule has 0 bridgehead atoms. The number of methoxy groups -OCH3 is 1. The zero-order chi connectivity index (χ0) is 14.6. The van der Waals surface area contributed by atoms with Crippen LogP contribution in [0.5, 0.6) is 5.75 Å². The quantitative estimate of drug-likeness (QED) is 0.675. The van der Waals surface area contributed by atoms with Gasteiger partial charge in [-0.05, 0) is 23.8 Å². The third-order valence-corrected chi connectivity index (χ3v) is 2.19. The molecule has 0 aliphatic carbocycles. The molecular formula is C11H11F4NO3. The van der Waals surface area contributed by atoms with Crippen molar-refractivity contribution in [2.24, 2.45) is 5.73 Å². The molecule has 0 heterocycles. The van der Waals surface area contributed by atoms with E-state index < -0.39 is 29.9 Å². The van der Waals surface area contributed by atoms with Crippen LogP contribution < -0.4 is 10.5 Å². The number of hydrogen-bond donors (Lipinski definition) is 1. The Bertz CT molecular complexity index is 462. The summed E-state index contributed by atoms with van der Waals surface area (Å²) in [4.78, 5) is 11.1. The van der Waals surface area contributed by atoms with Gasteiger partial charge >= 0.3 is 12.3 Å². The van der Waals surface area contributed by atoms with Gasteiger partial charge in [0.2, 0.25) is 0 Å². The van der Waals surface area contributed by atoms with Crippen LogP contribution in [-0.4, -0.2) is 25.5 Å². The van der Waals surface area contributed by atoms with Crippen molar-refractivity contribution in [1.29, 1.82) is 0 Å². The first kappa shape index (κ1) is 15.2. The molecule has 0 aliphatic rings. The predicted octanol–water partition coefficient (Wildman–Crippen LogP) is 1.77. The molecule has 0 saturated heterocycles. The monoisotopic (exact) mass is 281 g/mol. The van der Waals surface area contributed by atoms with Crippen molar-refractivity contribution in [2.45, 2.75) is 18.8 Å². The molecule has 19 heavy (non-hydrogen) atoms. The maximum atomic E-state index is 13.4. The zero-order valence-electron chi connectivity index (χ0n) is 9.83. The topological polar surface area (TPSA) is 61.5 Å². The third kappa shape index (κ3) is 4.74. The van der Waals surface area contributed by atoms with Crippen LogP contribution in [0.25, 0.3) is 0 Å². The summed E-state index contributed by atoms with van der Waals surface area (Å²) >= 11 is 0. The number of nitrogens with two attached hydrogens (primary N) is 1. The summed E-state index contributed by atoms with van der Waals surface area (Å²) in [6.45, 7) is 0. The van der Waals surface area contributed by atoms with Gasteiger partial charge in [0, 0.05) is 6.42 Å². The second-order valence-electron chi connectivity index (χ2n) is 3.63. The fraction of sp³-hybridized carbons (Fsp3) is 0.364. The highest BCUT2D eigenvalue weighted by Gasteiger charge is 2.31. The van der Waals surface area contributed by atoms with Gasteiger partial charge in [0.25, 0.3) is 0 Å². The van der Waals surface area contributed by atoms with E-state index in [1.807, 2.05) is 0 Å². The molecule has 0 aromatic heterocycles. The molecule has 8 heteroatoms. The minimum Gasteiger partial charge on any atom is -0.468 e. The molecule has 1 rings (SSSR count). The smallest absolute Gasteiger partial charge is 0.468 e. The lowest BCUT2D eigenvalue weighted by atomic mass is 10.1. The first-order chi connectivity index (χ1) is 8.73. The number of hydrogen-bond acceptors (Lipinski definition) is 4. The first-order valence-electron chi connectivity index (χ1n) is 5.10. The number of benzene rings is 1. The Balaban J connectivity index is 2.88. The SMILES string of the molecule is COC(=O)[C@H](N)Cc1cc(OC(F)(F)F)ccc1F. The summed E-state index contributed by atoms with van der Waals surface area (Å²) in [6, 6.07) is 1.31. The average Bonchev–Trinajstić information content (AvgIpc) is 2.30. The van der Waals surface area contributed by atoms with Crippen molar-refractivity contribution >= 4 is 5.97 Å². The van der Waals surface area contributed by atoms with E-state index in [4.69, 9.17) is 5.73 Å². The van der Waals surface area contributed by atoms with Gasteiger partial charge < -0.3 is 15.2 Å². The number of carbonyl (C=O) groups is 1. The van der Waals surface area contributed by atoms with Gasteiger partial charge in [-0.15, -0.1) is 13.2 Å². The van der Waals surface area contributed by atoms with Crippen molar-refractivity contribution < 1.29 is 31.8 Å². The fourth-order valence-corrected chi connectivity index (χ4v) is 1.38. The van der Waals surface area contributed by atoms with Crippen LogP contribution >= 0.6 is 0 Å². The summed E-state index contributed by atoms with van der Waals surface area (Å²) in [6.07, 6.45) is -5.17. The fourth-order valence-electron chi connectivity index (χ4n) is 1.38. The van der Waals surface area contributed by atoms with Gasteiger partial charge in [-0.25, -0.2) is 4.39 Å². The number of esters is 1. The standard InChI is InChI=1S/C11H11F4NO3/c1-18-10(17)9(16)5-6-4-7(2-3-8(6)12)19-11(13,14)15/h2-4,9H,5,16H2,1H3/t9-/m1/s1. The van der Waals surface area contributed by atoms with Gasteiger partial charge in [0.05, 0.1) is 7.11 Å². The Labute approximate surface area is 106 Å². The van der Waals surface area contributed by atoms with Crippen LogP contribution in [0.2, 0.25) is 0 Å². The molecular weight excluding hydrogens is 270 g/mol. The van der Waals surface area contributed by atoms with Crippen LogP contribution in [0.3, 0.4) is 0 Å². The minimum atomic E-state index is -4.88. The lowest BCUT2D eigenvalue weighted by Gasteiger charge is -2.13. The van der Waals surface area contributed by atoms with E-state index in [1.54, 1.807) is 0 Å². The van der Waals surface area contributed by atoms with Crippen LogP contribution in [0, 0.1) is 5.82 Å². The molecule has 1 aromatic rings. The molecule has 0 spiro atoms. The average molecular weight is 281 g/mol. The van der Waals surface area contributed by atoms with Gasteiger partial charge in [0.15, 0.2) is 0 Å². The predicted molar refractivity (Wildman–Crippen MR) is 56.8 cm³/mol. The molecule has 0 unspecified atom stereocenters. The van der Waals surface area contributed by atoms with E-state index in [2.05, 4.69) is 9.47 Å². The maximum absolute atomic E-state index is 13.4. The summed E-state index contributed by atoms with van der Waals surface area (Å²) in [5, 5.41) is 0. The van der Waals surface area contributed by atoms with Crippen molar-refractivity contribution in [1.82, 2.24) is 0 Å². The highest BCUT2D eigenvalue weighted by atomic mass is 19.4. The number of carbonyl (C=O) groups excluding carboxylic acids is 1. The van der Waals surface area contributed by atoms with Crippen molar-refractivity contribution in [3.8, 4) is 5.75 Å². The second kappa shape index (κ2) is 5.87. The lowest BCUT2D eigenvalue weighted by molar-refractivity contribution is -0.274. The summed E-state index contributed by atoms with van der Waals surface area (Å²) in [7, 11) is 1.10. The number of halogens is 4. The molecule has 0 saturated carbocycles. The summed E-state index contributed by atoms with van der Waals surface area (Å²) in [5.41, 5.74) is 5.23. The van der Waals surface area contributed by atoms with Gasteiger partial charge in [-0.2, -0.15) is 0 Å². The highest BCUT2D eigenvalue weighted by molar-refractivity contribution is 5.75. The van der Waals surface area contributed by atoms with Crippen LogP contribution in [0.15, 0.2) is 18.2 Å². The number of alkyl halides is 3. The largest absolute Gasteiger partial charge is 0.573 e. The first-order valence-corrected chi connectivity index (χ1v) is 5.10. The molecule has 0 aliphatic heterocycles. The minimum absolute atomic E-state index is 0.167. The molecule has 0 amide bonds. The maximum Gasteiger partial charge on any atom is 0.573 e. The zero-order valence-corrected chi connectivity index (χ0v) is 9.83. The number of rotatable bonds is 4. The van der Waals surface area contributed by atoms with E-state index in [1.165, 1.54) is 0 Å². The Morgan fingerprint density at radius 1 is 1.42 bits per heavy atom.